The Kier molecular flexibility index (Phi) is 3.47. The second kappa shape index (κ2) is 5.08. The summed E-state index contributed by atoms with van der Waals surface area (Å²) in [7, 11) is 1.86. The average Bonchev–Trinajstić information content (AvgIpc) is 2.87. The second-order valence-electron chi connectivity index (χ2n) is 7.27. The van der Waals surface area contributed by atoms with Gasteiger partial charge in [0, 0.05) is 19.7 Å². The lowest BCUT2D eigenvalue weighted by Crippen LogP contribution is -2.12. The number of benzene rings is 1. The van der Waals surface area contributed by atoms with Gasteiger partial charge in [0.15, 0.2) is 5.78 Å². The first-order valence-corrected chi connectivity index (χ1v) is 7.95. The molecule has 1 heterocycles. The van der Waals surface area contributed by atoms with Gasteiger partial charge in [0.2, 0.25) is 0 Å². The lowest BCUT2D eigenvalue weighted by molar-refractivity contribution is 0.0992. The summed E-state index contributed by atoms with van der Waals surface area (Å²) in [5, 5.41) is 4.28. The molecule has 0 N–H and O–H groups in total. The Morgan fingerprint density at radius 3 is 2.77 bits per heavy atom. The van der Waals surface area contributed by atoms with Crippen molar-refractivity contribution in [2.75, 3.05) is 0 Å². The molecular formula is C19H24N2O. The molecule has 1 aliphatic rings. The first kappa shape index (κ1) is 15.0. The molecule has 1 aromatic heterocycles. The molecule has 0 radical (unpaired) electrons. The Morgan fingerprint density at radius 2 is 2.14 bits per heavy atom. The summed E-state index contributed by atoms with van der Waals surface area (Å²) in [6.45, 7) is 8.77. The van der Waals surface area contributed by atoms with Gasteiger partial charge in [0.05, 0.1) is 11.3 Å². The van der Waals surface area contributed by atoms with Crippen LogP contribution >= 0.6 is 0 Å². The van der Waals surface area contributed by atoms with Gasteiger partial charge >= 0.3 is 0 Å². The number of ketones is 1. The molecule has 116 valence electrons. The van der Waals surface area contributed by atoms with E-state index in [0.717, 1.165) is 17.7 Å². The molecule has 1 aromatic carbocycles. The van der Waals surface area contributed by atoms with E-state index in [1.807, 2.05) is 20.2 Å². The van der Waals surface area contributed by atoms with E-state index in [-0.39, 0.29) is 11.2 Å². The van der Waals surface area contributed by atoms with Crippen molar-refractivity contribution in [3.8, 4) is 0 Å². The minimum absolute atomic E-state index is 0.163. The monoisotopic (exact) mass is 296 g/mol. The zero-order chi connectivity index (χ0) is 16.1. The highest BCUT2D eigenvalue weighted by molar-refractivity contribution is 5.98. The van der Waals surface area contributed by atoms with Gasteiger partial charge in [-0.2, -0.15) is 5.10 Å². The zero-order valence-corrected chi connectivity index (χ0v) is 14.1. The number of nitrogens with zero attached hydrogens (tertiary/aromatic N) is 2. The van der Waals surface area contributed by atoms with Gasteiger partial charge in [0.25, 0.3) is 0 Å². The second-order valence-corrected chi connectivity index (χ2v) is 7.27. The van der Waals surface area contributed by atoms with E-state index in [9.17, 15) is 4.79 Å². The number of carbonyl (C=O) groups is 1. The van der Waals surface area contributed by atoms with Crippen LogP contribution in [0.3, 0.4) is 0 Å². The van der Waals surface area contributed by atoms with Gasteiger partial charge in [-0.15, -0.1) is 0 Å². The SMILES string of the molecule is Cc1nn(C)cc1C(=O)Cc1cccc2c1[C@H](C)CC2(C)C. The number of Topliss-reactive ketones (excluding diaryl/α,β-unsaturated/α-hetero) is 1. The molecule has 0 fully saturated rings. The Balaban J connectivity index is 1.96. The minimum Gasteiger partial charge on any atom is -0.294 e. The molecule has 3 heteroatoms. The molecule has 3 nitrogen and oxygen atoms in total. The Bertz CT molecular complexity index is 740. The smallest absolute Gasteiger partial charge is 0.170 e. The maximum Gasteiger partial charge on any atom is 0.170 e. The summed E-state index contributed by atoms with van der Waals surface area (Å²) >= 11 is 0. The highest BCUT2D eigenvalue weighted by atomic mass is 16.1. The van der Waals surface area contributed by atoms with Gasteiger partial charge < -0.3 is 0 Å². The normalized spacial score (nSPS) is 19.2. The van der Waals surface area contributed by atoms with Crippen LogP contribution < -0.4 is 0 Å². The van der Waals surface area contributed by atoms with Crippen molar-refractivity contribution in [1.82, 2.24) is 9.78 Å². The molecule has 1 aliphatic carbocycles. The first-order valence-electron chi connectivity index (χ1n) is 7.95. The molecule has 0 saturated heterocycles. The van der Waals surface area contributed by atoms with E-state index in [1.165, 1.54) is 16.7 Å². The van der Waals surface area contributed by atoms with Crippen LogP contribution in [0.2, 0.25) is 0 Å². The third kappa shape index (κ3) is 2.39. The van der Waals surface area contributed by atoms with Crippen molar-refractivity contribution in [1.29, 1.82) is 0 Å². The summed E-state index contributed by atoms with van der Waals surface area (Å²) in [5.74, 6) is 0.680. The van der Waals surface area contributed by atoms with Crippen LogP contribution in [0.1, 0.15) is 65.9 Å². The molecule has 0 aliphatic heterocycles. The largest absolute Gasteiger partial charge is 0.294 e. The fraction of sp³-hybridized carbons (Fsp3) is 0.474. The van der Waals surface area contributed by atoms with Crippen molar-refractivity contribution in [2.45, 2.75) is 51.9 Å². The highest BCUT2D eigenvalue weighted by Crippen LogP contribution is 2.47. The summed E-state index contributed by atoms with van der Waals surface area (Å²) in [5.41, 5.74) is 5.75. The van der Waals surface area contributed by atoms with E-state index in [2.05, 4.69) is 44.1 Å². The Labute approximate surface area is 132 Å². The summed E-state index contributed by atoms with van der Waals surface area (Å²) in [6.07, 6.45) is 3.45. The molecule has 0 saturated carbocycles. The van der Waals surface area contributed by atoms with Crippen molar-refractivity contribution < 1.29 is 4.79 Å². The lowest BCUT2D eigenvalue weighted by atomic mass is 9.85. The molecule has 0 spiro atoms. The topological polar surface area (TPSA) is 34.9 Å². The maximum atomic E-state index is 12.7. The summed E-state index contributed by atoms with van der Waals surface area (Å²) < 4.78 is 1.71. The third-order valence-electron chi connectivity index (χ3n) is 4.90. The molecule has 1 atom stereocenters. The standard InChI is InChI=1S/C19H24N2O/c1-12-10-19(3,4)16-8-6-7-14(18(12)16)9-17(22)15-11-21(5)20-13(15)2/h6-8,11-12H,9-10H2,1-5H3/t12-/m1/s1. The van der Waals surface area contributed by atoms with Gasteiger partial charge in [-0.1, -0.05) is 39.0 Å². The summed E-state index contributed by atoms with van der Waals surface area (Å²) in [4.78, 5) is 12.7. The van der Waals surface area contributed by atoms with Crippen molar-refractivity contribution >= 4 is 5.78 Å². The highest BCUT2D eigenvalue weighted by Gasteiger charge is 2.36. The van der Waals surface area contributed by atoms with E-state index < -0.39 is 0 Å². The number of carbonyl (C=O) groups excluding carboxylic acids is 1. The number of fused-ring (bicyclic) bond motifs is 1. The van der Waals surface area contributed by atoms with Crippen molar-refractivity contribution in [3.05, 3.63) is 52.3 Å². The maximum absolute atomic E-state index is 12.7. The Morgan fingerprint density at radius 1 is 1.41 bits per heavy atom. The number of hydrogen-bond acceptors (Lipinski definition) is 2. The summed E-state index contributed by atoms with van der Waals surface area (Å²) in [6, 6.07) is 6.43. The molecule has 0 amide bonds. The quantitative estimate of drug-likeness (QED) is 0.804. The van der Waals surface area contributed by atoms with E-state index in [4.69, 9.17) is 0 Å². The van der Waals surface area contributed by atoms with E-state index in [0.29, 0.717) is 12.3 Å². The third-order valence-corrected chi connectivity index (χ3v) is 4.90. The molecule has 22 heavy (non-hydrogen) atoms. The van der Waals surface area contributed by atoms with Crippen molar-refractivity contribution in [3.63, 3.8) is 0 Å². The van der Waals surface area contributed by atoms with Crippen LogP contribution in [0.15, 0.2) is 24.4 Å². The predicted octanol–water partition coefficient (Wildman–Crippen LogP) is 3.94. The zero-order valence-electron chi connectivity index (χ0n) is 14.1. The molecule has 0 unspecified atom stereocenters. The van der Waals surface area contributed by atoms with Crippen LogP contribution in [0.4, 0.5) is 0 Å². The van der Waals surface area contributed by atoms with Crippen LogP contribution in [0.25, 0.3) is 0 Å². The number of aromatic nitrogens is 2. The molecule has 3 rings (SSSR count). The van der Waals surface area contributed by atoms with Gasteiger partial charge in [0.1, 0.15) is 0 Å². The minimum atomic E-state index is 0.163. The fourth-order valence-electron chi connectivity index (χ4n) is 4.06. The molecule has 2 aromatic rings. The van der Waals surface area contributed by atoms with E-state index >= 15 is 0 Å². The van der Waals surface area contributed by atoms with Gasteiger partial charge in [-0.05, 0) is 41.4 Å². The van der Waals surface area contributed by atoms with Crippen molar-refractivity contribution in [2.24, 2.45) is 7.05 Å². The van der Waals surface area contributed by atoms with Crippen LogP contribution in [-0.2, 0) is 18.9 Å². The average molecular weight is 296 g/mol. The van der Waals surface area contributed by atoms with Crippen LogP contribution in [-0.4, -0.2) is 15.6 Å². The predicted molar refractivity (Wildman–Crippen MR) is 88.5 cm³/mol. The number of aryl methyl sites for hydroxylation is 2. The van der Waals surface area contributed by atoms with Gasteiger partial charge in [-0.25, -0.2) is 0 Å². The van der Waals surface area contributed by atoms with Crippen LogP contribution in [0.5, 0.6) is 0 Å². The molecular weight excluding hydrogens is 272 g/mol. The Hall–Kier alpha value is -1.90. The van der Waals surface area contributed by atoms with Crippen LogP contribution in [0, 0.1) is 6.92 Å². The first-order chi connectivity index (χ1) is 10.3. The number of hydrogen-bond donors (Lipinski definition) is 0. The fourth-order valence-corrected chi connectivity index (χ4v) is 4.06. The lowest BCUT2D eigenvalue weighted by Gasteiger charge is -2.19. The van der Waals surface area contributed by atoms with E-state index in [1.54, 1.807) is 4.68 Å². The number of rotatable bonds is 3. The molecule has 0 bridgehead atoms. The van der Waals surface area contributed by atoms with Gasteiger partial charge in [-0.3, -0.25) is 9.48 Å².